The van der Waals surface area contributed by atoms with Crippen molar-refractivity contribution in [3.8, 4) is 0 Å². The topological polar surface area (TPSA) is 0 Å². The summed E-state index contributed by atoms with van der Waals surface area (Å²) in [5, 5.41) is 0. The summed E-state index contributed by atoms with van der Waals surface area (Å²) in [6.07, 6.45) is 0. The minimum Gasteiger partial charge on any atom is -0.0125 e. The van der Waals surface area contributed by atoms with Gasteiger partial charge in [0.2, 0.25) is 0 Å². The maximum Gasteiger partial charge on any atom is 0 e. The SMILES string of the molecule is [B].[Mo].[SiH3].[Ti].[Zr]. The van der Waals surface area contributed by atoms with Crippen LogP contribution in [-0.4, -0.2) is 19.4 Å². The third kappa shape index (κ3) is 20.8. The molecule has 0 saturated carbocycles. The molecule has 0 bridgehead atoms. The van der Waals surface area contributed by atoms with Crippen molar-refractivity contribution in [1.29, 1.82) is 0 Å². The predicted molar refractivity (Wildman–Crippen MR) is 15.7 cm³/mol. The van der Waals surface area contributed by atoms with Crippen molar-refractivity contribution in [2.24, 2.45) is 0 Å². The van der Waals surface area contributed by atoms with Crippen LogP contribution in [0.5, 0.6) is 0 Å². The third-order valence-corrected chi connectivity index (χ3v) is 0. The first-order valence-electron chi connectivity index (χ1n) is 0. The maximum absolute atomic E-state index is 0. The minimum absolute atomic E-state index is 0. The molecule has 0 aliphatic heterocycles. The van der Waals surface area contributed by atoms with Gasteiger partial charge in [0.1, 0.15) is 0 Å². The standard InChI is InChI=1S/B.Mo.H3Si.Ti.Zr/h;;1H3;;. The summed E-state index contributed by atoms with van der Waals surface area (Å²) >= 11 is 0. The molecule has 0 aliphatic rings. The van der Waals surface area contributed by atoms with Crippen LogP contribution in [0.25, 0.3) is 0 Å². The Morgan fingerprint density at radius 3 is 1.00 bits per heavy atom. The molecule has 0 aromatic heterocycles. The van der Waals surface area contributed by atoms with Crippen molar-refractivity contribution < 1.29 is 69.0 Å². The Labute approximate surface area is 87.1 Å². The molecule has 0 rings (SSSR count). The molecule has 0 N–H and O–H groups in total. The third-order valence-electron chi connectivity index (χ3n) is 0. The van der Waals surface area contributed by atoms with Gasteiger partial charge in [-0.3, -0.25) is 0 Å². The largest absolute Gasteiger partial charge is 0.0125 e. The molecule has 0 saturated heterocycles. The predicted octanol–water partition coefficient (Wildman–Crippen LogP) is -1.57. The second kappa shape index (κ2) is 30.9. The van der Waals surface area contributed by atoms with Crippen molar-refractivity contribution in [3.05, 3.63) is 0 Å². The van der Waals surface area contributed by atoms with Gasteiger partial charge in [-0.1, -0.05) is 0 Å². The van der Waals surface area contributed by atoms with Crippen molar-refractivity contribution in [3.63, 3.8) is 0 Å². The van der Waals surface area contributed by atoms with Crippen LogP contribution in [0, 0.1) is 0 Å². The molecule has 5 heavy (non-hydrogen) atoms. The van der Waals surface area contributed by atoms with Crippen molar-refractivity contribution in [2.75, 3.05) is 0 Å². The van der Waals surface area contributed by atoms with Gasteiger partial charge in [0.25, 0.3) is 0 Å². The van der Waals surface area contributed by atoms with E-state index >= 15 is 0 Å². The second-order valence-electron chi connectivity index (χ2n) is 0. The van der Waals surface area contributed by atoms with Crippen LogP contribution in [0.3, 0.4) is 0 Å². The van der Waals surface area contributed by atoms with Gasteiger partial charge in [0.05, 0.1) is 0 Å². The molecular formula is H3BMoSiTiZr. The van der Waals surface area contributed by atoms with Gasteiger partial charge in [0, 0.05) is 77.4 Å². The molecule has 0 unspecified atom stereocenters. The summed E-state index contributed by atoms with van der Waals surface area (Å²) in [5.41, 5.74) is 0. The molecule has 0 atom stereocenters. The van der Waals surface area contributed by atoms with Gasteiger partial charge < -0.3 is 0 Å². The molecule has 0 aromatic rings. The summed E-state index contributed by atoms with van der Waals surface area (Å²) in [4.78, 5) is 0. The van der Waals surface area contributed by atoms with E-state index in [0.717, 1.165) is 0 Å². The van der Waals surface area contributed by atoms with E-state index in [2.05, 4.69) is 0 Å². The van der Waals surface area contributed by atoms with Gasteiger partial charge in [0.15, 0.2) is 0 Å². The Morgan fingerprint density at radius 2 is 1.00 bits per heavy atom. The summed E-state index contributed by atoms with van der Waals surface area (Å²) in [6.45, 7) is 0. The van der Waals surface area contributed by atoms with Crippen molar-refractivity contribution in [2.45, 2.75) is 0 Å². The smallest absolute Gasteiger partial charge is 0 e. The van der Waals surface area contributed by atoms with Gasteiger partial charge in [-0.25, -0.2) is 0 Å². The van der Waals surface area contributed by atoms with Crippen LogP contribution < -0.4 is 0 Å². The summed E-state index contributed by atoms with van der Waals surface area (Å²) in [5.74, 6) is 0. The summed E-state index contributed by atoms with van der Waals surface area (Å²) in [7, 11) is 0. The molecule has 0 heterocycles. The zero-order chi connectivity index (χ0) is 0. The Hall–Kier alpha value is 2.57. The van der Waals surface area contributed by atoms with E-state index in [1.54, 1.807) is 0 Å². The maximum atomic E-state index is 0. The van der Waals surface area contributed by atoms with Crippen LogP contribution >= 0.6 is 0 Å². The average molecular weight is 277 g/mol. The van der Waals surface area contributed by atoms with E-state index in [4.69, 9.17) is 0 Å². The second-order valence-corrected chi connectivity index (χ2v) is 0. The van der Waals surface area contributed by atoms with E-state index in [1.165, 1.54) is 0 Å². The van der Waals surface area contributed by atoms with Gasteiger partial charge in [-0.15, -0.1) is 0 Å². The van der Waals surface area contributed by atoms with Crippen LogP contribution in [0.2, 0.25) is 0 Å². The number of hydrogen-bond acceptors (Lipinski definition) is 0. The molecule has 0 nitrogen and oxygen atoms in total. The molecule has 0 spiro atoms. The number of hydrogen-bond donors (Lipinski definition) is 0. The Morgan fingerprint density at radius 1 is 1.00 bits per heavy atom. The monoisotopic (exact) mass is 278 g/mol. The Balaban J connectivity index is 0. The Bertz CT molecular complexity index is 11.6. The molecular weight excluding hydrogens is 274 g/mol. The fourth-order valence-corrected chi connectivity index (χ4v) is 0. The zero-order valence-corrected chi connectivity index (χ0v) is 11.0. The van der Waals surface area contributed by atoms with Crippen LogP contribution in [0.15, 0.2) is 0 Å². The molecule has 24 valence electrons. The van der Waals surface area contributed by atoms with Crippen LogP contribution in [0.4, 0.5) is 0 Å². The normalized spacial score (nSPS) is 0. The molecule has 5 heteroatoms. The van der Waals surface area contributed by atoms with E-state index in [9.17, 15) is 0 Å². The van der Waals surface area contributed by atoms with E-state index in [0.29, 0.717) is 0 Å². The average Bonchev–Trinajstić information content (AvgIpc) is 0. The Kier molecular flexibility index (Phi) is 306. The van der Waals surface area contributed by atoms with E-state index in [1.807, 2.05) is 0 Å². The first kappa shape index (κ1) is 49.5. The summed E-state index contributed by atoms with van der Waals surface area (Å²) in [6, 6.07) is 0. The fourth-order valence-electron chi connectivity index (χ4n) is 0. The quantitative estimate of drug-likeness (QED) is 0.469. The number of rotatable bonds is 0. The molecule has 4 radical (unpaired) electrons. The first-order chi connectivity index (χ1) is 0. The van der Waals surface area contributed by atoms with Gasteiger partial charge in [-0.2, -0.15) is 0 Å². The van der Waals surface area contributed by atoms with Crippen LogP contribution in [0.1, 0.15) is 0 Å². The molecule has 0 fully saturated rings. The van der Waals surface area contributed by atoms with Crippen LogP contribution in [-0.2, 0) is 69.0 Å². The summed E-state index contributed by atoms with van der Waals surface area (Å²) < 4.78 is 0. The van der Waals surface area contributed by atoms with E-state index in [-0.39, 0.29) is 88.4 Å². The molecule has 0 amide bonds. The van der Waals surface area contributed by atoms with Crippen molar-refractivity contribution >= 4 is 19.4 Å². The van der Waals surface area contributed by atoms with E-state index < -0.39 is 0 Å². The minimum atomic E-state index is 0. The van der Waals surface area contributed by atoms with Gasteiger partial charge in [-0.05, 0) is 11.0 Å². The molecule has 0 aliphatic carbocycles. The molecule has 0 aromatic carbocycles. The fraction of sp³-hybridized carbons (Fsp3) is 0. The van der Waals surface area contributed by atoms with Gasteiger partial charge >= 0.3 is 0 Å². The zero-order valence-electron chi connectivity index (χ0n) is 2.99. The van der Waals surface area contributed by atoms with Crippen molar-refractivity contribution in [1.82, 2.24) is 0 Å². The first-order valence-corrected chi connectivity index (χ1v) is 0.